The Balaban J connectivity index is 1.12. The molecule has 0 radical (unpaired) electrons. The predicted molar refractivity (Wildman–Crippen MR) is 510 cm³/mol. The zero-order valence-corrected chi connectivity index (χ0v) is 82.5. The van der Waals surface area contributed by atoms with Crippen molar-refractivity contribution in [3.63, 3.8) is 0 Å². The van der Waals surface area contributed by atoms with Crippen LogP contribution in [0.4, 0.5) is 53.5 Å². The molecule has 3 aromatic rings. The van der Waals surface area contributed by atoms with Crippen molar-refractivity contribution in [1.82, 2.24) is 82.1 Å². The number of nitrogens with zero attached hydrogens (tertiary/aromatic N) is 16. The van der Waals surface area contributed by atoms with Crippen LogP contribution in [0.5, 0.6) is 0 Å². The summed E-state index contributed by atoms with van der Waals surface area (Å²) >= 11 is 0. The quantitative estimate of drug-likeness (QED) is 0.0239. The normalized spacial score (nSPS) is 22.5. The molecule has 9 heterocycles. The highest BCUT2D eigenvalue weighted by atomic mass is 15.4. The molecule has 25 heteroatoms. The Morgan fingerprint density at radius 3 is 0.625 bits per heavy atom. The molecule has 686 valence electrons. The maximum Gasteiger partial charge on any atom is 0.232 e. The number of unbranched alkanes of at least 4 members (excludes halogenated alkanes) is 6. The van der Waals surface area contributed by atoms with Crippen molar-refractivity contribution < 1.29 is 0 Å². The summed E-state index contributed by atoms with van der Waals surface area (Å²) in [5.74, 6) is 6.70. The Hall–Kier alpha value is -5.05. The number of nitrogens with one attached hydrogen (secondary N) is 9. The third-order valence-corrected chi connectivity index (χ3v) is 28.1. The Morgan fingerprint density at radius 1 is 0.225 bits per heavy atom. The van der Waals surface area contributed by atoms with E-state index in [0.717, 1.165) is 256 Å². The first-order valence-electron chi connectivity index (χ1n) is 48.3. The number of piperidine rings is 6. The molecule has 25 nitrogen and oxygen atoms in total. The van der Waals surface area contributed by atoms with Crippen LogP contribution in [0.25, 0.3) is 0 Å². The van der Waals surface area contributed by atoms with Gasteiger partial charge >= 0.3 is 0 Å². The van der Waals surface area contributed by atoms with Crippen LogP contribution in [-0.4, -0.2) is 238 Å². The number of aromatic nitrogens is 9. The molecule has 0 amide bonds. The van der Waals surface area contributed by atoms with Crippen LogP contribution in [0.2, 0.25) is 0 Å². The summed E-state index contributed by atoms with van der Waals surface area (Å²) < 4.78 is 0. The van der Waals surface area contributed by atoms with Crippen molar-refractivity contribution in [2.24, 2.45) is 65.0 Å². The number of anilines is 9. The van der Waals surface area contributed by atoms with Gasteiger partial charge in [-0.25, -0.2) is 0 Å². The molecule has 120 heavy (non-hydrogen) atoms. The molecule has 0 saturated carbocycles. The van der Waals surface area contributed by atoms with Gasteiger partial charge in [-0.2, -0.15) is 44.9 Å². The number of hydrogen-bond donors (Lipinski definition) is 9. The summed E-state index contributed by atoms with van der Waals surface area (Å²) in [6.45, 7) is 92.8. The molecule has 6 fully saturated rings. The first-order valence-corrected chi connectivity index (χ1v) is 48.3. The highest BCUT2D eigenvalue weighted by molar-refractivity contribution is 5.53. The second-order valence-corrected chi connectivity index (χ2v) is 46.2. The van der Waals surface area contributed by atoms with Gasteiger partial charge in [0.15, 0.2) is 0 Å². The van der Waals surface area contributed by atoms with Crippen molar-refractivity contribution >= 4 is 53.5 Å². The van der Waals surface area contributed by atoms with Gasteiger partial charge in [-0.1, -0.05) is 246 Å². The van der Waals surface area contributed by atoms with Gasteiger partial charge in [-0.3, -0.25) is 0 Å². The largest absolute Gasteiger partial charge is 0.354 e. The molecule has 0 aromatic carbocycles. The lowest BCUT2D eigenvalue weighted by Gasteiger charge is -2.55. The summed E-state index contributed by atoms with van der Waals surface area (Å²) in [5.41, 5.74) is -0.826. The Morgan fingerprint density at radius 2 is 0.417 bits per heavy atom. The zero-order valence-electron chi connectivity index (χ0n) is 82.5. The van der Waals surface area contributed by atoms with E-state index in [0.29, 0.717) is 44.6 Å². The summed E-state index contributed by atoms with van der Waals surface area (Å²) in [7, 11) is 0. The topological polar surface area (TPSA) is 247 Å². The molecule has 6 aliphatic rings. The molecule has 0 spiro atoms. The van der Waals surface area contributed by atoms with Crippen LogP contribution >= 0.6 is 0 Å². The minimum absolute atomic E-state index is 0.0449. The van der Waals surface area contributed by atoms with E-state index in [9.17, 15) is 0 Å². The SMILES string of the molecule is CCCCN(c1nc(NCCCNCCN(CCCNc2nc(N(CCCC)C3C(C)(C)CNCC3(C)C)nc(N(CCCC)C3C(C)(C)CNCC3(C)C)n2)c2nc(N(CCCC)C3C(C)(C)CNCC3(C)C)nc(N(CCCC)C3C(C)(C)CNCC3(C)C)n2)nc(N(CCCC)C2C(C)(C)CNCC2(C)C)n1)C1C(C)(C)CNCC1(C)C. The second-order valence-electron chi connectivity index (χ2n) is 46.2. The van der Waals surface area contributed by atoms with Crippen LogP contribution in [0.3, 0.4) is 0 Å². The lowest BCUT2D eigenvalue weighted by molar-refractivity contribution is 0.0850. The van der Waals surface area contributed by atoms with E-state index in [-0.39, 0.29) is 101 Å². The van der Waals surface area contributed by atoms with E-state index in [1.807, 2.05) is 0 Å². The first kappa shape index (κ1) is 98.7. The van der Waals surface area contributed by atoms with Crippen LogP contribution in [0.15, 0.2) is 0 Å². The van der Waals surface area contributed by atoms with Gasteiger partial charge in [0.1, 0.15) is 0 Å². The molecule has 6 aliphatic heterocycles. The van der Waals surface area contributed by atoms with Crippen LogP contribution in [-0.2, 0) is 0 Å². The highest BCUT2D eigenvalue weighted by Gasteiger charge is 2.55. The fourth-order valence-electron chi connectivity index (χ4n) is 24.5. The average Bonchev–Trinajstić information content (AvgIpc) is 0.736. The first-order chi connectivity index (χ1) is 56.2. The average molecular weight is 1670 g/mol. The Labute approximate surface area is 732 Å². The van der Waals surface area contributed by atoms with Gasteiger partial charge < -0.3 is 82.2 Å². The minimum Gasteiger partial charge on any atom is -0.354 e. The summed E-state index contributed by atoms with van der Waals surface area (Å²) in [6, 6.07) is 1.02. The van der Waals surface area contributed by atoms with E-state index in [4.69, 9.17) is 44.9 Å². The van der Waals surface area contributed by atoms with Crippen molar-refractivity contribution in [2.75, 3.05) is 202 Å². The fraction of sp³-hybridized carbons (Fsp3) is 0.905. The standard InChI is InChI=1S/C95H181N25/c1-31-37-50-115(69-84(7,8)57-97-58-85(69,9)10)78-105-75(106-79(111-78)116(51-38-32-2)70-86(11,12)59-98-60-87(70,13)14)103-46-43-45-96-48-56-114(77-109-82(119(54-41-35-5)73-92(23,24)65-101-66-93(73,25)26)113-83(110-77)120(55-42-36-6)74-94(27,28)67-102-68-95(74,29)30)49-44-47-104-76-107-80(117(52-39-33-3)71-88(15,16)61-99-62-89(71,17)18)112-81(108-76)118(53-40-34-4)72-90(19,20)63-100-64-91(72,21)22/h69-74,96-102H,31-68H2,1-30H3,(H,103,105,106,111)(H,104,107,108,112). The van der Waals surface area contributed by atoms with Gasteiger partial charge in [0, 0.05) is 187 Å². The molecule has 0 atom stereocenters. The van der Waals surface area contributed by atoms with Crippen molar-refractivity contribution in [3.05, 3.63) is 0 Å². The van der Waals surface area contributed by atoms with E-state index in [1.54, 1.807) is 0 Å². The van der Waals surface area contributed by atoms with Gasteiger partial charge in [0.05, 0.1) is 0 Å². The van der Waals surface area contributed by atoms with Gasteiger partial charge in [0.25, 0.3) is 0 Å². The molecular weight excluding hydrogens is 1490 g/mol. The third kappa shape index (κ3) is 23.8. The fourth-order valence-corrected chi connectivity index (χ4v) is 24.5. The van der Waals surface area contributed by atoms with Crippen molar-refractivity contribution in [3.8, 4) is 0 Å². The molecule has 0 aliphatic carbocycles. The van der Waals surface area contributed by atoms with E-state index >= 15 is 0 Å². The molecule has 9 rings (SSSR count). The number of rotatable bonds is 44. The van der Waals surface area contributed by atoms with E-state index < -0.39 is 0 Å². The van der Waals surface area contributed by atoms with Gasteiger partial charge in [-0.05, 0) is 123 Å². The molecule has 0 unspecified atom stereocenters. The summed E-state index contributed by atoms with van der Waals surface area (Å²) in [6.07, 6.45) is 14.3. The van der Waals surface area contributed by atoms with Crippen LogP contribution < -0.4 is 82.2 Å². The molecule has 0 bridgehead atoms. The van der Waals surface area contributed by atoms with Crippen LogP contribution in [0, 0.1) is 65.0 Å². The zero-order chi connectivity index (χ0) is 88.3. The van der Waals surface area contributed by atoms with Crippen molar-refractivity contribution in [2.45, 2.75) is 334 Å². The van der Waals surface area contributed by atoms with Crippen molar-refractivity contribution in [1.29, 1.82) is 0 Å². The van der Waals surface area contributed by atoms with Gasteiger partial charge in [-0.15, -0.1) is 0 Å². The van der Waals surface area contributed by atoms with E-state index in [1.165, 1.54) is 0 Å². The lowest BCUT2D eigenvalue weighted by atomic mass is 9.66. The monoisotopic (exact) mass is 1670 g/mol. The Kier molecular flexibility index (Phi) is 33.5. The minimum atomic E-state index is -0.0943. The third-order valence-electron chi connectivity index (χ3n) is 28.1. The summed E-state index contributed by atoms with van der Waals surface area (Å²) in [4.78, 5) is 69.7. The maximum atomic E-state index is 5.91. The molecular formula is C95H181N25. The highest BCUT2D eigenvalue weighted by Crippen LogP contribution is 2.50. The second kappa shape index (κ2) is 40.7. The maximum absolute atomic E-state index is 5.91. The predicted octanol–water partition coefficient (Wildman–Crippen LogP) is 15.4. The van der Waals surface area contributed by atoms with Crippen LogP contribution in [0.1, 0.15) is 298 Å². The molecule has 3 aromatic heterocycles. The summed E-state index contributed by atoms with van der Waals surface area (Å²) in [5, 5.41) is 34.9. The molecule has 6 saturated heterocycles. The van der Waals surface area contributed by atoms with E-state index in [2.05, 4.69) is 290 Å². The molecule has 9 N–H and O–H groups in total. The Bertz CT molecular complexity index is 3340. The number of hydrogen-bond acceptors (Lipinski definition) is 25. The smallest absolute Gasteiger partial charge is 0.232 e. The van der Waals surface area contributed by atoms with Gasteiger partial charge in [0.2, 0.25) is 53.5 Å². The lowest BCUT2D eigenvalue weighted by Crippen LogP contribution is -2.65.